The zero-order valence-corrected chi connectivity index (χ0v) is 16.5. The molecule has 2 rings (SSSR count). The smallest absolute Gasteiger partial charge is 0.254 e. The van der Waals surface area contributed by atoms with Crippen molar-refractivity contribution < 1.29 is 18.0 Å². The largest absolute Gasteiger partial charge is 0.339 e. The van der Waals surface area contributed by atoms with Crippen LogP contribution in [0.1, 0.15) is 37.0 Å². The average molecular weight is 381 g/mol. The number of benzene rings is 1. The van der Waals surface area contributed by atoms with Gasteiger partial charge in [-0.05, 0) is 24.6 Å². The fourth-order valence-electron chi connectivity index (χ4n) is 2.88. The minimum Gasteiger partial charge on any atom is -0.339 e. The molecular weight excluding hydrogens is 354 g/mol. The molecule has 1 aliphatic heterocycles. The highest BCUT2D eigenvalue weighted by Gasteiger charge is 2.25. The van der Waals surface area contributed by atoms with Crippen LogP contribution < -0.4 is 0 Å². The SMILES string of the molecule is CCCCN(C)S(=O)(=O)c1cccc(C(=O)N2CCN(C(C)=O)CC2)c1. The number of piperazine rings is 1. The van der Waals surface area contributed by atoms with E-state index in [2.05, 4.69) is 0 Å². The van der Waals surface area contributed by atoms with Crippen LogP contribution in [0.5, 0.6) is 0 Å². The highest BCUT2D eigenvalue weighted by Crippen LogP contribution is 2.18. The first-order chi connectivity index (χ1) is 12.3. The van der Waals surface area contributed by atoms with Gasteiger partial charge in [0.05, 0.1) is 4.90 Å². The van der Waals surface area contributed by atoms with Crippen LogP contribution in [0.2, 0.25) is 0 Å². The Kier molecular flexibility index (Phi) is 6.77. The number of sulfonamides is 1. The molecule has 1 heterocycles. The summed E-state index contributed by atoms with van der Waals surface area (Å²) in [5.41, 5.74) is 0.353. The lowest BCUT2D eigenvalue weighted by Crippen LogP contribution is -2.50. The third-order valence-electron chi connectivity index (χ3n) is 4.63. The molecule has 0 atom stereocenters. The summed E-state index contributed by atoms with van der Waals surface area (Å²) in [6.45, 7) is 5.87. The molecule has 0 aromatic heterocycles. The van der Waals surface area contributed by atoms with Gasteiger partial charge in [0, 0.05) is 52.3 Å². The second kappa shape index (κ2) is 8.64. The molecule has 2 amide bonds. The van der Waals surface area contributed by atoms with Crippen LogP contribution in [0.3, 0.4) is 0 Å². The lowest BCUT2D eigenvalue weighted by atomic mass is 10.2. The lowest BCUT2D eigenvalue weighted by Gasteiger charge is -2.34. The molecule has 144 valence electrons. The van der Waals surface area contributed by atoms with Crippen LogP contribution in [0.25, 0.3) is 0 Å². The number of rotatable bonds is 6. The molecule has 0 unspecified atom stereocenters. The Morgan fingerprint density at radius 2 is 1.73 bits per heavy atom. The van der Waals surface area contributed by atoms with Crippen LogP contribution >= 0.6 is 0 Å². The molecule has 1 aliphatic rings. The van der Waals surface area contributed by atoms with Crippen molar-refractivity contribution in [3.63, 3.8) is 0 Å². The Hall–Kier alpha value is -1.93. The zero-order valence-electron chi connectivity index (χ0n) is 15.6. The Morgan fingerprint density at radius 1 is 1.12 bits per heavy atom. The molecule has 1 aromatic carbocycles. The van der Waals surface area contributed by atoms with Crippen molar-refractivity contribution >= 4 is 21.8 Å². The molecule has 0 radical (unpaired) electrons. The molecule has 0 N–H and O–H groups in total. The highest BCUT2D eigenvalue weighted by atomic mass is 32.2. The second-order valence-electron chi connectivity index (χ2n) is 6.51. The average Bonchev–Trinajstić information content (AvgIpc) is 2.65. The summed E-state index contributed by atoms with van der Waals surface area (Å²) in [6, 6.07) is 6.18. The predicted molar refractivity (Wildman–Crippen MR) is 99.3 cm³/mol. The Balaban J connectivity index is 2.13. The zero-order chi connectivity index (χ0) is 19.3. The summed E-state index contributed by atoms with van der Waals surface area (Å²) in [6.07, 6.45) is 1.69. The van der Waals surface area contributed by atoms with Crippen molar-refractivity contribution in [2.24, 2.45) is 0 Å². The van der Waals surface area contributed by atoms with Gasteiger partial charge < -0.3 is 9.80 Å². The van der Waals surface area contributed by atoms with Crippen molar-refractivity contribution in [1.82, 2.24) is 14.1 Å². The molecule has 0 aliphatic carbocycles. The maximum Gasteiger partial charge on any atom is 0.254 e. The summed E-state index contributed by atoms with van der Waals surface area (Å²) in [5.74, 6) is -0.207. The van der Waals surface area contributed by atoms with E-state index >= 15 is 0 Å². The van der Waals surface area contributed by atoms with E-state index in [1.165, 1.54) is 23.4 Å². The van der Waals surface area contributed by atoms with Crippen LogP contribution in [-0.4, -0.2) is 74.1 Å². The number of unbranched alkanes of at least 4 members (excludes halogenated alkanes) is 1. The Morgan fingerprint density at radius 3 is 2.31 bits per heavy atom. The van der Waals surface area contributed by atoms with Gasteiger partial charge in [-0.3, -0.25) is 9.59 Å². The summed E-state index contributed by atoms with van der Waals surface area (Å²) in [4.78, 5) is 27.6. The summed E-state index contributed by atoms with van der Waals surface area (Å²) < 4.78 is 26.7. The monoisotopic (exact) mass is 381 g/mol. The molecule has 7 nitrogen and oxygen atoms in total. The molecule has 0 spiro atoms. The number of amides is 2. The van der Waals surface area contributed by atoms with Crippen LogP contribution in [0.4, 0.5) is 0 Å². The van der Waals surface area contributed by atoms with Gasteiger partial charge in [-0.25, -0.2) is 12.7 Å². The first-order valence-corrected chi connectivity index (χ1v) is 10.3. The maximum atomic E-state index is 12.7. The summed E-state index contributed by atoms with van der Waals surface area (Å²) in [7, 11) is -2.05. The number of carbonyl (C=O) groups is 2. The van der Waals surface area contributed by atoms with E-state index in [0.29, 0.717) is 38.3 Å². The summed E-state index contributed by atoms with van der Waals surface area (Å²) in [5, 5.41) is 0. The predicted octanol–water partition coefficient (Wildman–Crippen LogP) is 1.41. The highest BCUT2D eigenvalue weighted by molar-refractivity contribution is 7.89. The molecule has 1 aromatic rings. The van der Waals surface area contributed by atoms with Crippen molar-refractivity contribution in [3.8, 4) is 0 Å². The van der Waals surface area contributed by atoms with E-state index in [1.807, 2.05) is 6.92 Å². The van der Waals surface area contributed by atoms with E-state index in [4.69, 9.17) is 0 Å². The number of carbonyl (C=O) groups excluding carboxylic acids is 2. The number of hydrogen-bond donors (Lipinski definition) is 0. The van der Waals surface area contributed by atoms with Gasteiger partial charge in [0.2, 0.25) is 15.9 Å². The van der Waals surface area contributed by atoms with E-state index in [-0.39, 0.29) is 16.7 Å². The van der Waals surface area contributed by atoms with E-state index < -0.39 is 10.0 Å². The standard InChI is InChI=1S/C18H27N3O4S/c1-4-5-9-19(3)26(24,25)17-8-6-7-16(14-17)18(23)21-12-10-20(11-13-21)15(2)22/h6-8,14H,4-5,9-13H2,1-3H3. The van der Waals surface area contributed by atoms with Gasteiger partial charge in [-0.1, -0.05) is 19.4 Å². The molecule has 0 bridgehead atoms. The van der Waals surface area contributed by atoms with Gasteiger partial charge >= 0.3 is 0 Å². The lowest BCUT2D eigenvalue weighted by molar-refractivity contribution is -0.130. The minimum atomic E-state index is -3.61. The van der Waals surface area contributed by atoms with Crippen LogP contribution in [0, 0.1) is 0 Å². The van der Waals surface area contributed by atoms with Crippen molar-refractivity contribution in [2.45, 2.75) is 31.6 Å². The number of nitrogens with zero attached hydrogens (tertiary/aromatic N) is 3. The Bertz CT molecular complexity index is 755. The molecular formula is C18H27N3O4S. The molecule has 1 fully saturated rings. The third kappa shape index (κ3) is 4.62. The topological polar surface area (TPSA) is 78.0 Å². The van der Waals surface area contributed by atoms with Crippen molar-refractivity contribution in [3.05, 3.63) is 29.8 Å². The molecule has 1 saturated heterocycles. The van der Waals surface area contributed by atoms with E-state index in [1.54, 1.807) is 29.0 Å². The fourth-order valence-corrected chi connectivity index (χ4v) is 4.13. The first-order valence-electron chi connectivity index (χ1n) is 8.88. The number of hydrogen-bond acceptors (Lipinski definition) is 4. The quantitative estimate of drug-likeness (QED) is 0.746. The molecule has 26 heavy (non-hydrogen) atoms. The first kappa shape index (κ1) is 20.4. The van der Waals surface area contributed by atoms with E-state index in [0.717, 1.165) is 12.8 Å². The minimum absolute atomic E-state index is 0.000283. The summed E-state index contributed by atoms with van der Waals surface area (Å²) >= 11 is 0. The van der Waals surface area contributed by atoms with Gasteiger partial charge in [-0.15, -0.1) is 0 Å². The van der Waals surface area contributed by atoms with Crippen molar-refractivity contribution in [1.29, 1.82) is 0 Å². The van der Waals surface area contributed by atoms with Crippen LogP contribution in [0.15, 0.2) is 29.2 Å². The normalized spacial score (nSPS) is 15.4. The van der Waals surface area contributed by atoms with Gasteiger partial charge in [-0.2, -0.15) is 0 Å². The van der Waals surface area contributed by atoms with Gasteiger partial charge in [0.1, 0.15) is 0 Å². The molecule has 8 heteroatoms. The molecule has 0 saturated carbocycles. The van der Waals surface area contributed by atoms with Gasteiger partial charge in [0.15, 0.2) is 0 Å². The fraction of sp³-hybridized carbons (Fsp3) is 0.556. The van der Waals surface area contributed by atoms with Gasteiger partial charge in [0.25, 0.3) is 5.91 Å². The second-order valence-corrected chi connectivity index (χ2v) is 8.55. The third-order valence-corrected chi connectivity index (χ3v) is 6.48. The van der Waals surface area contributed by atoms with E-state index in [9.17, 15) is 18.0 Å². The maximum absolute atomic E-state index is 12.7. The van der Waals surface area contributed by atoms with Crippen molar-refractivity contribution in [2.75, 3.05) is 39.8 Å². The Labute approximate surface area is 155 Å². The van der Waals surface area contributed by atoms with Crippen LogP contribution in [-0.2, 0) is 14.8 Å².